The third-order valence-corrected chi connectivity index (χ3v) is 4.21. The molecule has 0 unspecified atom stereocenters. The molecule has 0 aliphatic heterocycles. The number of carbonyl (C=O) groups is 1. The third-order valence-electron chi connectivity index (χ3n) is 4.21. The van der Waals surface area contributed by atoms with E-state index in [1.165, 1.54) is 12.1 Å². The molecule has 0 bridgehead atoms. The average Bonchev–Trinajstić information content (AvgIpc) is 2.55. The Morgan fingerprint density at radius 1 is 1.17 bits per heavy atom. The Hall–Kier alpha value is -2.20. The fourth-order valence-corrected chi connectivity index (χ4v) is 2.43. The summed E-state index contributed by atoms with van der Waals surface area (Å²) in [5.74, 6) is -0.351. The van der Waals surface area contributed by atoms with Crippen molar-refractivity contribution >= 4 is 5.91 Å². The number of ether oxygens (including phenoxy) is 1. The van der Waals surface area contributed by atoms with Crippen molar-refractivity contribution in [1.82, 2.24) is 5.32 Å². The quantitative estimate of drug-likeness (QED) is 0.856. The van der Waals surface area contributed by atoms with E-state index in [0.29, 0.717) is 12.1 Å². The van der Waals surface area contributed by atoms with E-state index in [1.54, 1.807) is 25.3 Å². The maximum Gasteiger partial charge on any atom is 0.251 e. The predicted octanol–water partition coefficient (Wildman–Crippen LogP) is 4.35. The third kappa shape index (κ3) is 4.65. The van der Waals surface area contributed by atoms with Gasteiger partial charge in [-0.2, -0.15) is 0 Å². The second-order valence-electron chi connectivity index (χ2n) is 6.51. The van der Waals surface area contributed by atoms with Gasteiger partial charge in [0.05, 0.1) is 5.60 Å². The van der Waals surface area contributed by atoms with E-state index in [2.05, 4.69) is 5.32 Å². The van der Waals surface area contributed by atoms with Crippen molar-refractivity contribution in [3.8, 4) is 11.1 Å². The monoisotopic (exact) mass is 329 g/mol. The maximum absolute atomic E-state index is 13.2. The maximum atomic E-state index is 13.2. The fraction of sp³-hybridized carbons (Fsp3) is 0.350. The molecule has 0 fully saturated rings. The molecule has 1 N–H and O–H groups in total. The number of aryl methyl sites for hydroxylation is 1. The molecule has 3 nitrogen and oxygen atoms in total. The number of benzene rings is 2. The number of carbonyl (C=O) groups excluding carboxylic acids is 1. The largest absolute Gasteiger partial charge is 0.379 e. The Bertz CT molecular complexity index is 708. The van der Waals surface area contributed by atoms with E-state index in [0.717, 1.165) is 23.1 Å². The average molecular weight is 329 g/mol. The zero-order valence-corrected chi connectivity index (χ0v) is 14.7. The van der Waals surface area contributed by atoms with Crippen LogP contribution in [-0.2, 0) is 4.74 Å². The Kier molecular flexibility index (Phi) is 5.73. The normalized spacial score (nSPS) is 11.4. The van der Waals surface area contributed by atoms with Crippen LogP contribution >= 0.6 is 0 Å². The second kappa shape index (κ2) is 7.58. The first-order valence-electron chi connectivity index (χ1n) is 8.02. The van der Waals surface area contributed by atoms with Gasteiger partial charge >= 0.3 is 0 Å². The minimum Gasteiger partial charge on any atom is -0.379 e. The lowest BCUT2D eigenvalue weighted by molar-refractivity contribution is 0.0160. The number of rotatable bonds is 6. The first-order chi connectivity index (χ1) is 11.3. The highest BCUT2D eigenvalue weighted by Crippen LogP contribution is 2.24. The van der Waals surface area contributed by atoms with Crippen LogP contribution in [0.5, 0.6) is 0 Å². The molecule has 0 aliphatic carbocycles. The lowest BCUT2D eigenvalue weighted by atomic mass is 9.99. The molecule has 0 saturated heterocycles. The van der Waals surface area contributed by atoms with Gasteiger partial charge in [0.15, 0.2) is 0 Å². The smallest absolute Gasteiger partial charge is 0.251 e. The highest BCUT2D eigenvalue weighted by Gasteiger charge is 2.16. The van der Waals surface area contributed by atoms with Gasteiger partial charge < -0.3 is 10.1 Å². The molecular formula is C20H24FNO2. The van der Waals surface area contributed by atoms with Crippen LogP contribution in [0.3, 0.4) is 0 Å². The van der Waals surface area contributed by atoms with Crippen molar-refractivity contribution in [3.63, 3.8) is 0 Å². The number of hydrogen-bond acceptors (Lipinski definition) is 2. The lowest BCUT2D eigenvalue weighted by Gasteiger charge is -2.22. The number of nitrogens with one attached hydrogen (secondary N) is 1. The Balaban J connectivity index is 2.02. The van der Waals surface area contributed by atoms with Gasteiger partial charge in [-0.3, -0.25) is 4.79 Å². The molecular weight excluding hydrogens is 305 g/mol. The lowest BCUT2D eigenvalue weighted by Crippen LogP contribution is -2.32. The summed E-state index contributed by atoms with van der Waals surface area (Å²) in [7, 11) is 1.66. The highest BCUT2D eigenvalue weighted by molar-refractivity contribution is 5.94. The van der Waals surface area contributed by atoms with Crippen LogP contribution in [0, 0.1) is 12.7 Å². The van der Waals surface area contributed by atoms with Gasteiger partial charge in [0, 0.05) is 19.2 Å². The summed E-state index contributed by atoms with van der Waals surface area (Å²) in [6, 6.07) is 12.0. The molecule has 1 amide bonds. The molecule has 0 atom stereocenters. The summed E-state index contributed by atoms with van der Waals surface area (Å²) in [6.45, 7) is 6.40. The van der Waals surface area contributed by atoms with E-state index < -0.39 is 0 Å². The van der Waals surface area contributed by atoms with E-state index in [-0.39, 0.29) is 17.3 Å². The molecule has 4 heteroatoms. The second-order valence-corrected chi connectivity index (χ2v) is 6.51. The van der Waals surface area contributed by atoms with Crippen molar-refractivity contribution in [2.75, 3.05) is 13.7 Å². The molecule has 2 aromatic rings. The van der Waals surface area contributed by atoms with Crippen LogP contribution in [0.25, 0.3) is 11.1 Å². The van der Waals surface area contributed by atoms with Crippen LogP contribution < -0.4 is 5.32 Å². The van der Waals surface area contributed by atoms with Crippen molar-refractivity contribution in [1.29, 1.82) is 0 Å². The summed E-state index contributed by atoms with van der Waals surface area (Å²) in [4.78, 5) is 12.2. The summed E-state index contributed by atoms with van der Waals surface area (Å²) < 4.78 is 18.5. The van der Waals surface area contributed by atoms with Crippen LogP contribution in [-0.4, -0.2) is 25.2 Å². The van der Waals surface area contributed by atoms with E-state index in [1.807, 2.05) is 32.9 Å². The van der Waals surface area contributed by atoms with Gasteiger partial charge in [0.1, 0.15) is 5.82 Å². The van der Waals surface area contributed by atoms with Crippen molar-refractivity contribution < 1.29 is 13.9 Å². The Labute approximate surface area is 142 Å². The summed E-state index contributed by atoms with van der Waals surface area (Å²) in [6.07, 6.45) is 0.738. The van der Waals surface area contributed by atoms with E-state index >= 15 is 0 Å². The van der Waals surface area contributed by atoms with Crippen LogP contribution in [0.1, 0.15) is 36.2 Å². The number of halogens is 1. The van der Waals surface area contributed by atoms with Crippen molar-refractivity contribution in [2.24, 2.45) is 0 Å². The molecule has 2 rings (SSSR count). The molecule has 24 heavy (non-hydrogen) atoms. The van der Waals surface area contributed by atoms with Crippen molar-refractivity contribution in [3.05, 3.63) is 59.4 Å². The zero-order valence-electron chi connectivity index (χ0n) is 14.7. The minimum atomic E-state index is -0.253. The van der Waals surface area contributed by atoms with Gasteiger partial charge in [-0.05, 0) is 68.1 Å². The van der Waals surface area contributed by atoms with Crippen molar-refractivity contribution in [2.45, 2.75) is 32.8 Å². The van der Waals surface area contributed by atoms with E-state index in [4.69, 9.17) is 4.74 Å². The van der Waals surface area contributed by atoms with Gasteiger partial charge in [-0.1, -0.05) is 18.2 Å². The minimum absolute atomic E-state index is 0.107. The van der Waals surface area contributed by atoms with Gasteiger partial charge in [-0.15, -0.1) is 0 Å². The molecule has 0 heterocycles. The number of hydrogen-bond donors (Lipinski definition) is 1. The zero-order chi connectivity index (χ0) is 17.7. The highest BCUT2D eigenvalue weighted by atomic mass is 19.1. The topological polar surface area (TPSA) is 38.3 Å². The molecule has 0 aliphatic rings. The number of methoxy groups -OCH3 is 1. The van der Waals surface area contributed by atoms with Crippen LogP contribution in [0.2, 0.25) is 0 Å². The molecule has 0 aromatic heterocycles. The predicted molar refractivity (Wildman–Crippen MR) is 94.6 cm³/mol. The van der Waals surface area contributed by atoms with Crippen LogP contribution in [0.15, 0.2) is 42.5 Å². The first kappa shape index (κ1) is 18.1. The Morgan fingerprint density at radius 2 is 1.83 bits per heavy atom. The first-order valence-corrected chi connectivity index (χ1v) is 8.02. The molecule has 2 aromatic carbocycles. The van der Waals surface area contributed by atoms with Crippen LogP contribution in [0.4, 0.5) is 4.39 Å². The molecule has 128 valence electrons. The molecule has 0 saturated carbocycles. The summed E-state index contributed by atoms with van der Waals surface area (Å²) in [5, 5.41) is 2.90. The molecule has 0 spiro atoms. The van der Waals surface area contributed by atoms with E-state index in [9.17, 15) is 9.18 Å². The summed E-state index contributed by atoms with van der Waals surface area (Å²) >= 11 is 0. The van der Waals surface area contributed by atoms with Gasteiger partial charge in [0.2, 0.25) is 0 Å². The van der Waals surface area contributed by atoms with Gasteiger partial charge in [-0.25, -0.2) is 4.39 Å². The number of amides is 1. The summed E-state index contributed by atoms with van der Waals surface area (Å²) in [5.41, 5.74) is 3.15. The SMILES string of the molecule is COC(C)(C)CCNC(=O)c1ccc(-c2ccc(F)cc2C)cc1. The molecule has 0 radical (unpaired) electrons. The Morgan fingerprint density at radius 3 is 2.42 bits per heavy atom. The van der Waals surface area contributed by atoms with Gasteiger partial charge in [0.25, 0.3) is 5.91 Å². The standard InChI is InChI=1S/C20H24FNO2/c1-14-13-17(21)9-10-18(14)15-5-7-16(8-6-15)19(23)22-12-11-20(2,3)24-4/h5-10,13H,11-12H2,1-4H3,(H,22,23). The fourth-order valence-electron chi connectivity index (χ4n) is 2.43.